The van der Waals surface area contributed by atoms with E-state index in [1.54, 1.807) is 22.6 Å². The van der Waals surface area contributed by atoms with Crippen molar-refractivity contribution in [1.29, 1.82) is 0 Å². The topological polar surface area (TPSA) is 41.4 Å². The first-order valence-electron chi connectivity index (χ1n) is 10.2. The molecule has 5 nitrogen and oxygen atoms in total. The lowest BCUT2D eigenvalue weighted by Crippen LogP contribution is -2.49. The fourth-order valence-electron chi connectivity index (χ4n) is 3.86. The van der Waals surface area contributed by atoms with E-state index in [4.69, 9.17) is 11.6 Å². The Morgan fingerprint density at radius 1 is 1.03 bits per heavy atom. The highest BCUT2D eigenvalue weighted by Gasteiger charge is 2.32. The summed E-state index contributed by atoms with van der Waals surface area (Å²) in [6, 6.07) is 15.0. The molecule has 1 saturated heterocycles. The Bertz CT molecular complexity index is 1110. The molecule has 0 spiro atoms. The molecule has 2 aromatic carbocycles. The van der Waals surface area contributed by atoms with Gasteiger partial charge in [-0.1, -0.05) is 48.0 Å². The lowest BCUT2D eigenvalue weighted by Gasteiger charge is -2.36. The van der Waals surface area contributed by atoms with Crippen molar-refractivity contribution < 1.29 is 18.0 Å². The van der Waals surface area contributed by atoms with Crippen LogP contribution in [0.15, 0.2) is 54.6 Å². The number of amides is 1. The average Bonchev–Trinajstić information content (AvgIpc) is 3.06. The van der Waals surface area contributed by atoms with Crippen molar-refractivity contribution >= 4 is 23.2 Å². The summed E-state index contributed by atoms with van der Waals surface area (Å²) < 4.78 is 40.7. The molecule has 0 N–H and O–H groups in total. The summed E-state index contributed by atoms with van der Waals surface area (Å²) in [5.74, 6) is -0.212. The third-order valence-corrected chi connectivity index (χ3v) is 5.94. The van der Waals surface area contributed by atoms with Crippen molar-refractivity contribution in [1.82, 2.24) is 14.7 Å². The fourth-order valence-corrected chi connectivity index (χ4v) is 4.18. The van der Waals surface area contributed by atoms with Crippen LogP contribution in [-0.4, -0.2) is 46.8 Å². The van der Waals surface area contributed by atoms with Crippen LogP contribution in [0, 0.1) is 6.92 Å². The predicted molar refractivity (Wildman–Crippen MR) is 117 cm³/mol. The van der Waals surface area contributed by atoms with Gasteiger partial charge in [0.25, 0.3) is 5.91 Å². The Morgan fingerprint density at radius 3 is 2.38 bits per heavy atom. The van der Waals surface area contributed by atoms with Gasteiger partial charge in [0.15, 0.2) is 0 Å². The van der Waals surface area contributed by atoms with E-state index in [1.165, 1.54) is 6.07 Å². The average molecular weight is 463 g/mol. The Hall–Kier alpha value is -3.00. The molecular weight excluding hydrogens is 441 g/mol. The molecule has 32 heavy (non-hydrogen) atoms. The Morgan fingerprint density at radius 2 is 1.72 bits per heavy atom. The zero-order valence-corrected chi connectivity index (χ0v) is 18.2. The third-order valence-electron chi connectivity index (χ3n) is 5.56. The fraction of sp³-hybridized carbons (Fsp3) is 0.304. The predicted octanol–water partition coefficient (Wildman–Crippen LogP) is 4.87. The number of nitrogens with zero attached hydrogens (tertiary/aromatic N) is 4. The number of hydrogen-bond donors (Lipinski definition) is 0. The number of benzene rings is 2. The van der Waals surface area contributed by atoms with Gasteiger partial charge in [-0.05, 0) is 30.7 Å². The summed E-state index contributed by atoms with van der Waals surface area (Å²) in [5, 5.41) is 4.73. The third kappa shape index (κ3) is 4.60. The molecule has 1 aromatic heterocycles. The number of piperazine rings is 1. The number of alkyl halides is 3. The van der Waals surface area contributed by atoms with Gasteiger partial charge in [0, 0.05) is 31.9 Å². The van der Waals surface area contributed by atoms with Gasteiger partial charge in [-0.2, -0.15) is 18.3 Å². The highest BCUT2D eigenvalue weighted by atomic mass is 35.5. The van der Waals surface area contributed by atoms with Crippen molar-refractivity contribution in [3.8, 4) is 0 Å². The number of anilines is 1. The van der Waals surface area contributed by atoms with E-state index < -0.39 is 11.7 Å². The summed E-state index contributed by atoms with van der Waals surface area (Å²) in [6.45, 7) is 3.84. The molecule has 1 fully saturated rings. The molecular formula is C23H22ClF3N4O. The normalized spacial score (nSPS) is 14.7. The monoisotopic (exact) mass is 462 g/mol. The van der Waals surface area contributed by atoms with Crippen LogP contribution in [0.1, 0.15) is 27.2 Å². The van der Waals surface area contributed by atoms with Gasteiger partial charge in [0.05, 0.1) is 23.4 Å². The number of aryl methyl sites for hydroxylation is 1. The van der Waals surface area contributed by atoms with Crippen LogP contribution in [0.25, 0.3) is 0 Å². The molecule has 1 amide bonds. The summed E-state index contributed by atoms with van der Waals surface area (Å²) in [4.78, 5) is 16.7. The quantitative estimate of drug-likeness (QED) is 0.555. The van der Waals surface area contributed by atoms with Crippen molar-refractivity contribution in [2.75, 3.05) is 31.1 Å². The van der Waals surface area contributed by atoms with Crippen LogP contribution in [0.3, 0.4) is 0 Å². The van der Waals surface area contributed by atoms with Gasteiger partial charge in [0.1, 0.15) is 5.15 Å². The van der Waals surface area contributed by atoms with E-state index in [-0.39, 0.29) is 11.1 Å². The number of rotatable bonds is 4. The van der Waals surface area contributed by atoms with E-state index in [0.717, 1.165) is 17.7 Å². The van der Waals surface area contributed by atoms with Crippen molar-refractivity contribution in [3.63, 3.8) is 0 Å². The molecule has 4 rings (SSSR count). The smallest absolute Gasteiger partial charge is 0.368 e. The summed E-state index contributed by atoms with van der Waals surface area (Å²) in [7, 11) is 0. The number of hydrogen-bond acceptors (Lipinski definition) is 3. The Kier molecular flexibility index (Phi) is 6.15. The minimum atomic E-state index is -4.39. The van der Waals surface area contributed by atoms with Crippen LogP contribution < -0.4 is 4.90 Å². The second kappa shape index (κ2) is 8.86. The van der Waals surface area contributed by atoms with Gasteiger partial charge in [-0.3, -0.25) is 4.79 Å². The summed E-state index contributed by atoms with van der Waals surface area (Å²) >= 11 is 6.51. The molecule has 9 heteroatoms. The first kappa shape index (κ1) is 22.2. The highest BCUT2D eigenvalue weighted by Crippen LogP contribution is 2.32. The molecule has 1 aliphatic rings. The second-order valence-corrected chi connectivity index (χ2v) is 8.08. The number of carbonyl (C=O) groups excluding carboxylic acids is 1. The molecule has 0 aliphatic carbocycles. The van der Waals surface area contributed by atoms with E-state index >= 15 is 0 Å². The molecule has 2 heterocycles. The minimum Gasteiger partial charge on any atom is -0.368 e. The maximum Gasteiger partial charge on any atom is 0.416 e. The van der Waals surface area contributed by atoms with Gasteiger partial charge in [0.2, 0.25) is 0 Å². The van der Waals surface area contributed by atoms with Gasteiger partial charge in [-0.25, -0.2) is 4.68 Å². The second-order valence-electron chi connectivity index (χ2n) is 7.72. The molecule has 0 saturated carbocycles. The van der Waals surface area contributed by atoms with Crippen molar-refractivity contribution in [2.45, 2.75) is 19.6 Å². The summed E-state index contributed by atoms with van der Waals surface area (Å²) in [6.07, 6.45) is -4.39. The summed E-state index contributed by atoms with van der Waals surface area (Å²) in [5.41, 5.74) is 1.76. The Balaban J connectivity index is 1.45. The largest absolute Gasteiger partial charge is 0.416 e. The zero-order valence-electron chi connectivity index (χ0n) is 17.4. The molecule has 0 radical (unpaired) electrons. The van der Waals surface area contributed by atoms with E-state index in [0.29, 0.717) is 49.7 Å². The van der Waals surface area contributed by atoms with E-state index in [1.807, 2.05) is 35.2 Å². The lowest BCUT2D eigenvalue weighted by atomic mass is 10.1. The van der Waals surface area contributed by atoms with E-state index in [9.17, 15) is 18.0 Å². The Labute approximate surface area is 189 Å². The maximum atomic E-state index is 13.2. The van der Waals surface area contributed by atoms with Crippen LogP contribution in [0.5, 0.6) is 0 Å². The molecule has 0 atom stereocenters. The molecule has 168 valence electrons. The maximum absolute atomic E-state index is 13.2. The SMILES string of the molecule is Cc1nn(Cc2ccccc2)c(Cl)c1C(=O)N1CCN(c2cccc(C(F)(F)F)c2)CC1. The number of halogens is 4. The van der Waals surface area contributed by atoms with Crippen LogP contribution in [0.4, 0.5) is 18.9 Å². The van der Waals surface area contributed by atoms with Crippen molar-refractivity contribution in [2.24, 2.45) is 0 Å². The molecule has 0 unspecified atom stereocenters. The van der Waals surface area contributed by atoms with Crippen molar-refractivity contribution in [3.05, 3.63) is 82.1 Å². The number of carbonyl (C=O) groups is 1. The van der Waals surface area contributed by atoms with Crippen LogP contribution in [-0.2, 0) is 12.7 Å². The standard InChI is InChI=1S/C23H22ClF3N4O/c1-16-20(21(24)31(28-16)15-17-6-3-2-4-7-17)22(32)30-12-10-29(11-13-30)19-9-5-8-18(14-19)23(25,26)27/h2-9,14H,10-13,15H2,1H3. The highest BCUT2D eigenvalue weighted by molar-refractivity contribution is 6.33. The van der Waals surface area contributed by atoms with Gasteiger partial charge >= 0.3 is 6.18 Å². The lowest BCUT2D eigenvalue weighted by molar-refractivity contribution is -0.137. The molecule has 0 bridgehead atoms. The molecule has 1 aliphatic heterocycles. The van der Waals surface area contributed by atoms with Crippen LogP contribution in [0.2, 0.25) is 5.15 Å². The first-order chi connectivity index (χ1) is 15.2. The number of aromatic nitrogens is 2. The van der Waals surface area contributed by atoms with Gasteiger partial charge in [-0.15, -0.1) is 0 Å². The minimum absolute atomic E-state index is 0.212. The molecule has 3 aromatic rings. The van der Waals surface area contributed by atoms with E-state index in [2.05, 4.69) is 5.10 Å². The van der Waals surface area contributed by atoms with Crippen LogP contribution >= 0.6 is 11.6 Å². The zero-order chi connectivity index (χ0) is 22.9. The van der Waals surface area contributed by atoms with Gasteiger partial charge < -0.3 is 9.80 Å². The first-order valence-corrected chi connectivity index (χ1v) is 10.6.